The van der Waals surface area contributed by atoms with Gasteiger partial charge in [-0.1, -0.05) is 12.1 Å². The number of thioether (sulfide) groups is 1. The topological polar surface area (TPSA) is 127 Å². The Morgan fingerprint density at radius 2 is 1.86 bits per heavy atom. The maximum absolute atomic E-state index is 12.8. The molecule has 12 heteroatoms. The molecule has 1 aliphatic heterocycles. The molecule has 1 amide bonds. The predicted molar refractivity (Wildman–Crippen MR) is 102 cm³/mol. The van der Waals surface area contributed by atoms with Crippen molar-refractivity contribution in [1.82, 2.24) is 9.21 Å². The van der Waals surface area contributed by atoms with E-state index in [-0.39, 0.29) is 55.1 Å². The van der Waals surface area contributed by atoms with Gasteiger partial charge in [0.1, 0.15) is 0 Å². The van der Waals surface area contributed by atoms with Crippen molar-refractivity contribution >= 4 is 39.3 Å². The first kappa shape index (κ1) is 22.1. The van der Waals surface area contributed by atoms with Crippen LogP contribution in [-0.2, 0) is 24.3 Å². The van der Waals surface area contributed by atoms with Crippen molar-refractivity contribution < 1.29 is 27.7 Å². The number of nitro benzene ring substituents is 1. The summed E-state index contributed by atoms with van der Waals surface area (Å²) in [7, 11) is -2.72. The van der Waals surface area contributed by atoms with Crippen LogP contribution in [0.25, 0.3) is 0 Å². The Kier molecular flexibility index (Phi) is 7.78. The van der Waals surface area contributed by atoms with Crippen LogP contribution in [0.2, 0.25) is 0 Å². The summed E-state index contributed by atoms with van der Waals surface area (Å²) in [5.74, 6) is 0.153. The first-order valence-corrected chi connectivity index (χ1v) is 11.0. The van der Waals surface area contributed by atoms with Gasteiger partial charge in [-0.3, -0.25) is 19.7 Å². The van der Waals surface area contributed by atoms with Crippen molar-refractivity contribution in [3.05, 3.63) is 34.4 Å². The zero-order valence-electron chi connectivity index (χ0n) is 15.3. The highest BCUT2D eigenvalue weighted by Gasteiger charge is 2.34. The monoisotopic (exact) mass is 431 g/mol. The summed E-state index contributed by atoms with van der Waals surface area (Å²) in [6.07, 6.45) is 0.235. The fraction of sp³-hybridized carbons (Fsp3) is 0.500. The average molecular weight is 431 g/mol. The lowest BCUT2D eigenvalue weighted by Crippen LogP contribution is -2.50. The summed E-state index contributed by atoms with van der Waals surface area (Å²) >= 11 is 1.29. The molecule has 1 fully saturated rings. The van der Waals surface area contributed by atoms with Gasteiger partial charge in [0.15, 0.2) is 4.90 Å². The number of nitro groups is 1. The predicted octanol–water partition coefficient (Wildman–Crippen LogP) is 0.724. The molecule has 0 N–H and O–H groups in total. The Morgan fingerprint density at radius 3 is 2.46 bits per heavy atom. The highest BCUT2D eigenvalue weighted by Crippen LogP contribution is 2.27. The number of ether oxygens (including phenoxy) is 1. The van der Waals surface area contributed by atoms with E-state index in [1.807, 2.05) is 0 Å². The zero-order chi connectivity index (χ0) is 20.7. The molecule has 28 heavy (non-hydrogen) atoms. The number of sulfonamides is 1. The summed E-state index contributed by atoms with van der Waals surface area (Å²) in [5, 5.41) is 11.1. The van der Waals surface area contributed by atoms with E-state index in [1.165, 1.54) is 37.1 Å². The SMILES string of the molecule is COC(=O)CSCCC(=O)N1CCN(S(=O)(=O)c2ccccc2[N+](=O)[O-])CC1. The standard InChI is InChI=1S/C16H21N3O7S2/c1-26-16(21)12-27-11-6-15(20)17-7-9-18(10-8-17)28(24,25)14-5-3-2-4-13(14)19(22)23/h2-5H,6-12H2,1H3. The minimum Gasteiger partial charge on any atom is -0.468 e. The Morgan fingerprint density at radius 1 is 1.21 bits per heavy atom. The van der Waals surface area contributed by atoms with Crippen LogP contribution in [0.15, 0.2) is 29.2 Å². The quantitative estimate of drug-likeness (QED) is 0.255. The summed E-state index contributed by atoms with van der Waals surface area (Å²) < 4.78 is 31.2. The number of benzene rings is 1. The van der Waals surface area contributed by atoms with Crippen LogP contribution >= 0.6 is 11.8 Å². The minimum absolute atomic E-state index is 0.0649. The first-order chi connectivity index (χ1) is 13.3. The number of carbonyl (C=O) groups is 2. The molecule has 2 rings (SSSR count). The van der Waals surface area contributed by atoms with Gasteiger partial charge >= 0.3 is 5.97 Å². The summed E-state index contributed by atoms with van der Waals surface area (Å²) in [6, 6.07) is 5.21. The Labute approximate surface area is 167 Å². The second-order valence-electron chi connectivity index (χ2n) is 5.89. The number of carbonyl (C=O) groups excluding carboxylic acids is 2. The lowest BCUT2D eigenvalue weighted by molar-refractivity contribution is -0.387. The highest BCUT2D eigenvalue weighted by molar-refractivity contribution is 7.99. The number of rotatable bonds is 8. The Balaban J connectivity index is 1.92. The number of methoxy groups -OCH3 is 1. The third-order valence-electron chi connectivity index (χ3n) is 4.18. The number of amides is 1. The molecule has 1 aromatic carbocycles. The van der Waals surface area contributed by atoms with Crippen LogP contribution in [0, 0.1) is 10.1 Å². The lowest BCUT2D eigenvalue weighted by atomic mass is 10.3. The fourth-order valence-electron chi connectivity index (χ4n) is 2.68. The third-order valence-corrected chi connectivity index (χ3v) is 7.06. The number of hydrogen-bond donors (Lipinski definition) is 0. The Bertz CT molecular complexity index is 836. The van der Waals surface area contributed by atoms with Crippen molar-refractivity contribution in [3.8, 4) is 0 Å². The Hall–Kier alpha value is -2.18. The third kappa shape index (κ3) is 5.42. The van der Waals surface area contributed by atoms with Gasteiger partial charge < -0.3 is 9.64 Å². The van der Waals surface area contributed by atoms with Gasteiger partial charge in [-0.05, 0) is 6.07 Å². The molecule has 0 saturated carbocycles. The molecule has 0 aliphatic carbocycles. The van der Waals surface area contributed by atoms with Gasteiger partial charge in [0, 0.05) is 44.4 Å². The van der Waals surface area contributed by atoms with Crippen molar-refractivity contribution in [3.63, 3.8) is 0 Å². The number of hydrogen-bond acceptors (Lipinski definition) is 8. The van der Waals surface area contributed by atoms with Crippen LogP contribution < -0.4 is 0 Å². The molecule has 1 aliphatic rings. The van der Waals surface area contributed by atoms with Gasteiger partial charge in [0.25, 0.3) is 5.69 Å². The molecular weight excluding hydrogens is 410 g/mol. The smallest absolute Gasteiger partial charge is 0.315 e. The van der Waals surface area contributed by atoms with Gasteiger partial charge in [0.05, 0.1) is 17.8 Å². The van der Waals surface area contributed by atoms with Gasteiger partial charge in [0.2, 0.25) is 15.9 Å². The van der Waals surface area contributed by atoms with Gasteiger partial charge in [-0.2, -0.15) is 4.31 Å². The van der Waals surface area contributed by atoms with Crippen LogP contribution in [0.1, 0.15) is 6.42 Å². The summed E-state index contributed by atoms with van der Waals surface area (Å²) in [6.45, 7) is 0.547. The first-order valence-electron chi connectivity index (χ1n) is 8.43. The maximum Gasteiger partial charge on any atom is 0.315 e. The maximum atomic E-state index is 12.8. The number of para-hydroxylation sites is 1. The molecule has 154 valence electrons. The average Bonchev–Trinajstić information content (AvgIpc) is 2.70. The van der Waals surface area contributed by atoms with E-state index in [2.05, 4.69) is 4.74 Å². The van der Waals surface area contributed by atoms with E-state index in [9.17, 15) is 28.1 Å². The molecule has 0 aromatic heterocycles. The fourth-order valence-corrected chi connectivity index (χ4v) is 5.00. The van der Waals surface area contributed by atoms with Crippen LogP contribution in [-0.4, -0.2) is 79.2 Å². The number of piperazine rings is 1. The van der Waals surface area contributed by atoms with Crippen molar-refractivity contribution in [2.45, 2.75) is 11.3 Å². The van der Waals surface area contributed by atoms with Crippen molar-refractivity contribution in [2.24, 2.45) is 0 Å². The highest BCUT2D eigenvalue weighted by atomic mass is 32.2. The normalized spacial score (nSPS) is 15.2. The molecule has 0 unspecified atom stereocenters. The summed E-state index contributed by atoms with van der Waals surface area (Å²) in [5.41, 5.74) is -0.469. The van der Waals surface area contributed by atoms with Crippen LogP contribution in [0.4, 0.5) is 5.69 Å². The van der Waals surface area contributed by atoms with E-state index < -0.39 is 20.6 Å². The van der Waals surface area contributed by atoms with E-state index in [1.54, 1.807) is 4.90 Å². The summed E-state index contributed by atoms with van der Waals surface area (Å²) in [4.78, 5) is 34.9. The van der Waals surface area contributed by atoms with Gasteiger partial charge in [-0.15, -0.1) is 11.8 Å². The molecule has 1 heterocycles. The molecular formula is C16H21N3O7S2. The number of esters is 1. The lowest BCUT2D eigenvalue weighted by Gasteiger charge is -2.34. The van der Waals surface area contributed by atoms with Crippen LogP contribution in [0.3, 0.4) is 0 Å². The minimum atomic E-state index is -4.02. The molecule has 0 spiro atoms. The molecule has 0 atom stereocenters. The molecule has 10 nitrogen and oxygen atoms in total. The van der Waals surface area contributed by atoms with Crippen LogP contribution in [0.5, 0.6) is 0 Å². The molecule has 0 radical (unpaired) electrons. The van der Waals surface area contributed by atoms with Gasteiger partial charge in [-0.25, -0.2) is 8.42 Å². The van der Waals surface area contributed by atoms with E-state index in [4.69, 9.17) is 0 Å². The molecule has 1 aromatic rings. The number of nitrogens with zero attached hydrogens (tertiary/aromatic N) is 3. The van der Waals surface area contributed by atoms with E-state index in [0.29, 0.717) is 5.75 Å². The molecule has 0 bridgehead atoms. The second kappa shape index (κ2) is 9.85. The zero-order valence-corrected chi connectivity index (χ0v) is 16.9. The van der Waals surface area contributed by atoms with E-state index >= 15 is 0 Å². The second-order valence-corrected chi connectivity index (χ2v) is 8.90. The van der Waals surface area contributed by atoms with Crippen molar-refractivity contribution in [2.75, 3.05) is 44.8 Å². The van der Waals surface area contributed by atoms with E-state index in [0.717, 1.165) is 10.4 Å². The molecule has 1 saturated heterocycles. The van der Waals surface area contributed by atoms with Crippen molar-refractivity contribution in [1.29, 1.82) is 0 Å². The largest absolute Gasteiger partial charge is 0.468 e.